The Morgan fingerprint density at radius 3 is 2.50 bits per heavy atom. The first-order valence-corrected chi connectivity index (χ1v) is 8.98. The summed E-state index contributed by atoms with van der Waals surface area (Å²) in [5.41, 5.74) is 0.843. The first kappa shape index (κ1) is 21.1. The molecule has 152 valence electrons. The van der Waals surface area contributed by atoms with Gasteiger partial charge in [0.2, 0.25) is 5.91 Å². The van der Waals surface area contributed by atoms with Gasteiger partial charge >= 0.3 is 6.03 Å². The minimum absolute atomic E-state index is 0.226. The van der Waals surface area contributed by atoms with Crippen LogP contribution in [0.3, 0.4) is 0 Å². The van der Waals surface area contributed by atoms with Gasteiger partial charge in [-0.3, -0.25) is 9.89 Å². The lowest BCUT2D eigenvalue weighted by Gasteiger charge is -2.20. The molecule has 28 heavy (non-hydrogen) atoms. The van der Waals surface area contributed by atoms with Crippen LogP contribution in [-0.4, -0.2) is 42.4 Å². The number of H-pyrrole nitrogens is 1. The molecular weight excluding hydrogens is 362 g/mol. The molecule has 2 aromatic rings. The van der Waals surface area contributed by atoms with Crippen molar-refractivity contribution in [1.82, 2.24) is 20.8 Å². The normalized spacial score (nSPS) is 11.6. The molecule has 0 saturated carbocycles. The second-order valence-electron chi connectivity index (χ2n) is 6.66. The lowest BCUT2D eigenvalue weighted by atomic mass is 10.0. The third-order valence-corrected chi connectivity index (χ3v) is 3.99. The van der Waals surface area contributed by atoms with Crippen molar-refractivity contribution in [2.24, 2.45) is 5.92 Å². The van der Waals surface area contributed by atoms with E-state index < -0.39 is 12.1 Å². The van der Waals surface area contributed by atoms with E-state index in [9.17, 15) is 9.59 Å². The Morgan fingerprint density at radius 2 is 1.89 bits per heavy atom. The predicted molar refractivity (Wildman–Crippen MR) is 105 cm³/mol. The van der Waals surface area contributed by atoms with Crippen LogP contribution >= 0.6 is 0 Å². The molecule has 3 amide bonds. The number of rotatable bonds is 9. The Bertz CT molecular complexity index is 777. The molecular formula is C19H27N5O4. The largest absolute Gasteiger partial charge is 0.493 e. The van der Waals surface area contributed by atoms with Crippen LogP contribution < -0.4 is 25.4 Å². The molecule has 0 aliphatic heterocycles. The van der Waals surface area contributed by atoms with Crippen molar-refractivity contribution in [3.8, 4) is 11.5 Å². The number of hydrogen-bond acceptors (Lipinski definition) is 5. The van der Waals surface area contributed by atoms with Gasteiger partial charge < -0.3 is 25.4 Å². The van der Waals surface area contributed by atoms with E-state index in [1.165, 1.54) is 6.20 Å². The molecule has 9 heteroatoms. The van der Waals surface area contributed by atoms with Gasteiger partial charge in [-0.05, 0) is 30.0 Å². The number of benzene rings is 1. The third-order valence-electron chi connectivity index (χ3n) is 3.99. The number of aromatic nitrogens is 2. The molecule has 0 aliphatic carbocycles. The number of aromatic amines is 1. The molecule has 0 unspecified atom stereocenters. The van der Waals surface area contributed by atoms with E-state index in [2.05, 4.69) is 26.1 Å². The number of carbonyl (C=O) groups is 2. The van der Waals surface area contributed by atoms with Crippen LogP contribution in [0.1, 0.15) is 25.8 Å². The predicted octanol–water partition coefficient (Wildman–Crippen LogP) is 2.28. The zero-order chi connectivity index (χ0) is 20.5. The minimum Gasteiger partial charge on any atom is -0.493 e. The molecule has 1 aromatic carbocycles. The Labute approximate surface area is 164 Å². The summed E-state index contributed by atoms with van der Waals surface area (Å²) < 4.78 is 10.5. The van der Waals surface area contributed by atoms with Gasteiger partial charge in [0.15, 0.2) is 11.5 Å². The number of hydrogen-bond donors (Lipinski definition) is 4. The van der Waals surface area contributed by atoms with Crippen molar-refractivity contribution >= 4 is 17.8 Å². The maximum atomic E-state index is 12.5. The van der Waals surface area contributed by atoms with Crippen molar-refractivity contribution < 1.29 is 19.1 Å². The van der Waals surface area contributed by atoms with E-state index in [0.29, 0.717) is 23.7 Å². The highest BCUT2D eigenvalue weighted by molar-refractivity contribution is 5.96. The number of ether oxygens (including phenoxy) is 2. The third kappa shape index (κ3) is 6.19. The Hall–Kier alpha value is -3.23. The van der Waals surface area contributed by atoms with Crippen LogP contribution in [0.15, 0.2) is 30.5 Å². The average Bonchev–Trinajstić information content (AvgIpc) is 3.18. The molecule has 0 saturated heterocycles. The Morgan fingerprint density at radius 1 is 1.14 bits per heavy atom. The number of amides is 3. The molecule has 1 atom stereocenters. The lowest BCUT2D eigenvalue weighted by Crippen LogP contribution is -2.48. The summed E-state index contributed by atoms with van der Waals surface area (Å²) in [5.74, 6) is 1.59. The van der Waals surface area contributed by atoms with Gasteiger partial charge in [0.1, 0.15) is 11.9 Å². The van der Waals surface area contributed by atoms with E-state index in [1.54, 1.807) is 32.4 Å². The van der Waals surface area contributed by atoms with Crippen LogP contribution in [0.4, 0.5) is 10.6 Å². The maximum absolute atomic E-state index is 12.5. The fraction of sp³-hybridized carbons (Fsp3) is 0.421. The van der Waals surface area contributed by atoms with Gasteiger partial charge in [-0.2, -0.15) is 5.10 Å². The molecule has 0 aliphatic rings. The van der Waals surface area contributed by atoms with Crippen molar-refractivity contribution in [2.75, 3.05) is 19.5 Å². The van der Waals surface area contributed by atoms with E-state index in [-0.39, 0.29) is 18.4 Å². The Kier molecular flexibility index (Phi) is 7.67. The summed E-state index contributed by atoms with van der Waals surface area (Å²) in [7, 11) is 3.11. The quantitative estimate of drug-likeness (QED) is 0.525. The van der Waals surface area contributed by atoms with Crippen molar-refractivity contribution in [2.45, 2.75) is 32.9 Å². The van der Waals surface area contributed by atoms with Crippen LogP contribution in [0, 0.1) is 5.92 Å². The molecule has 0 spiro atoms. The number of nitrogens with one attached hydrogen (secondary N) is 4. The first-order chi connectivity index (χ1) is 13.4. The number of methoxy groups -OCH3 is 2. The van der Waals surface area contributed by atoms with E-state index in [4.69, 9.17) is 9.47 Å². The molecule has 2 rings (SSSR count). The van der Waals surface area contributed by atoms with Crippen LogP contribution in [0.2, 0.25) is 0 Å². The average molecular weight is 389 g/mol. The van der Waals surface area contributed by atoms with Crippen LogP contribution in [0.5, 0.6) is 11.5 Å². The topological polar surface area (TPSA) is 117 Å². The molecule has 0 bridgehead atoms. The molecule has 0 fully saturated rings. The van der Waals surface area contributed by atoms with E-state index in [1.807, 2.05) is 19.9 Å². The summed E-state index contributed by atoms with van der Waals surface area (Å²) in [4.78, 5) is 24.8. The smallest absolute Gasteiger partial charge is 0.315 e. The summed E-state index contributed by atoms with van der Waals surface area (Å²) in [6, 6.07) is 5.93. The zero-order valence-electron chi connectivity index (χ0n) is 16.5. The second-order valence-corrected chi connectivity index (χ2v) is 6.66. The molecule has 0 radical (unpaired) electrons. The van der Waals surface area contributed by atoms with Crippen molar-refractivity contribution in [1.29, 1.82) is 0 Å². The van der Waals surface area contributed by atoms with Gasteiger partial charge in [-0.1, -0.05) is 19.9 Å². The number of carbonyl (C=O) groups excluding carboxylic acids is 2. The minimum atomic E-state index is -0.672. The Balaban J connectivity index is 1.94. The zero-order valence-corrected chi connectivity index (χ0v) is 16.5. The summed E-state index contributed by atoms with van der Waals surface area (Å²) in [5, 5.41) is 14.6. The fourth-order valence-electron chi connectivity index (χ4n) is 2.63. The van der Waals surface area contributed by atoms with Gasteiger partial charge in [-0.15, -0.1) is 0 Å². The van der Waals surface area contributed by atoms with Gasteiger partial charge in [0.05, 0.1) is 20.4 Å². The van der Waals surface area contributed by atoms with E-state index in [0.717, 1.165) is 5.56 Å². The van der Waals surface area contributed by atoms with Crippen molar-refractivity contribution in [3.05, 3.63) is 36.0 Å². The maximum Gasteiger partial charge on any atom is 0.315 e. The SMILES string of the molecule is COc1ccc(CNC(=O)N[C@H](CC(C)C)C(=O)Nc2ccn[nH]2)cc1OC. The van der Waals surface area contributed by atoms with Gasteiger partial charge in [-0.25, -0.2) is 4.79 Å². The summed E-state index contributed by atoms with van der Waals surface area (Å²) >= 11 is 0. The number of nitrogens with zero attached hydrogens (tertiary/aromatic N) is 1. The highest BCUT2D eigenvalue weighted by Gasteiger charge is 2.22. The monoisotopic (exact) mass is 389 g/mol. The standard InChI is InChI=1S/C19H27N5O4/c1-12(2)9-14(18(25)23-17-7-8-21-24-17)22-19(26)20-11-13-5-6-15(27-3)16(10-13)28-4/h5-8,10,12,14H,9,11H2,1-4H3,(H2,20,22,26)(H2,21,23,24,25)/t14-/m1/s1. The lowest BCUT2D eigenvalue weighted by molar-refractivity contribution is -0.118. The first-order valence-electron chi connectivity index (χ1n) is 8.98. The van der Waals surface area contributed by atoms with Crippen molar-refractivity contribution in [3.63, 3.8) is 0 Å². The number of urea groups is 1. The fourth-order valence-corrected chi connectivity index (χ4v) is 2.63. The summed E-state index contributed by atoms with van der Waals surface area (Å²) in [6.07, 6.45) is 2.04. The highest BCUT2D eigenvalue weighted by Crippen LogP contribution is 2.27. The van der Waals surface area contributed by atoms with E-state index >= 15 is 0 Å². The van der Waals surface area contributed by atoms with Crippen LogP contribution in [-0.2, 0) is 11.3 Å². The highest BCUT2D eigenvalue weighted by atomic mass is 16.5. The molecule has 1 heterocycles. The van der Waals surface area contributed by atoms with Crippen LogP contribution in [0.25, 0.3) is 0 Å². The summed E-state index contributed by atoms with van der Waals surface area (Å²) in [6.45, 7) is 4.25. The molecule has 9 nitrogen and oxygen atoms in total. The van der Waals surface area contributed by atoms with Gasteiger partial charge in [0.25, 0.3) is 0 Å². The molecule has 1 aromatic heterocycles. The molecule has 4 N–H and O–H groups in total. The number of anilines is 1. The van der Waals surface area contributed by atoms with Gasteiger partial charge in [0, 0.05) is 12.6 Å². The second kappa shape index (κ2) is 10.2.